The number of carbonyl (C=O) groups is 3. The molecule has 0 amide bonds. The standard InChI is InChI=1S/C19H28O6/c1-18-9-7-15(21)17(14(18)5-6-16(18)22)23-12-13(20)4-3-8-19(2)24-10-11-25-19/h14,17H,3-12H2,1-2H3/t14-,17-,18+/m1/s1. The van der Waals surface area contributed by atoms with E-state index in [1.807, 2.05) is 13.8 Å². The van der Waals surface area contributed by atoms with Gasteiger partial charge in [0.1, 0.15) is 18.5 Å². The molecule has 0 unspecified atom stereocenters. The number of ether oxygens (including phenoxy) is 3. The van der Waals surface area contributed by atoms with E-state index in [-0.39, 0.29) is 29.9 Å². The molecule has 0 spiro atoms. The first-order valence-corrected chi connectivity index (χ1v) is 9.31. The van der Waals surface area contributed by atoms with Crippen LogP contribution in [-0.2, 0) is 28.6 Å². The van der Waals surface area contributed by atoms with Gasteiger partial charge in [0.25, 0.3) is 0 Å². The fourth-order valence-electron chi connectivity index (χ4n) is 4.43. The highest BCUT2D eigenvalue weighted by molar-refractivity contribution is 5.93. The van der Waals surface area contributed by atoms with E-state index < -0.39 is 17.3 Å². The summed E-state index contributed by atoms with van der Waals surface area (Å²) in [6, 6.07) is 0. The van der Waals surface area contributed by atoms with Gasteiger partial charge in [0.15, 0.2) is 17.4 Å². The van der Waals surface area contributed by atoms with Crippen LogP contribution < -0.4 is 0 Å². The van der Waals surface area contributed by atoms with Crippen molar-refractivity contribution in [2.45, 2.75) is 70.7 Å². The van der Waals surface area contributed by atoms with Crippen LogP contribution in [0.5, 0.6) is 0 Å². The van der Waals surface area contributed by atoms with Crippen LogP contribution in [0.3, 0.4) is 0 Å². The lowest BCUT2D eigenvalue weighted by Crippen LogP contribution is -2.47. The first-order chi connectivity index (χ1) is 11.8. The van der Waals surface area contributed by atoms with Crippen molar-refractivity contribution in [3.8, 4) is 0 Å². The van der Waals surface area contributed by atoms with Gasteiger partial charge in [-0.15, -0.1) is 0 Å². The van der Waals surface area contributed by atoms with Crippen molar-refractivity contribution in [1.29, 1.82) is 0 Å². The number of carbonyl (C=O) groups excluding carboxylic acids is 3. The van der Waals surface area contributed by atoms with Crippen LogP contribution in [0.25, 0.3) is 0 Å². The smallest absolute Gasteiger partial charge is 0.165 e. The number of ketones is 3. The number of hydrogen-bond donors (Lipinski definition) is 0. The summed E-state index contributed by atoms with van der Waals surface area (Å²) in [5.41, 5.74) is -0.451. The molecular weight excluding hydrogens is 324 g/mol. The Morgan fingerprint density at radius 2 is 1.92 bits per heavy atom. The second kappa shape index (κ2) is 7.25. The zero-order valence-corrected chi connectivity index (χ0v) is 15.2. The lowest BCUT2D eigenvalue weighted by atomic mass is 9.67. The van der Waals surface area contributed by atoms with E-state index >= 15 is 0 Å². The van der Waals surface area contributed by atoms with Gasteiger partial charge in [0.2, 0.25) is 0 Å². The van der Waals surface area contributed by atoms with Crippen LogP contribution in [0.2, 0.25) is 0 Å². The minimum Gasteiger partial charge on any atom is -0.362 e. The van der Waals surface area contributed by atoms with Crippen molar-refractivity contribution in [3.05, 3.63) is 0 Å². The normalized spacial score (nSPS) is 34.3. The highest BCUT2D eigenvalue weighted by Crippen LogP contribution is 2.49. The molecule has 25 heavy (non-hydrogen) atoms. The molecule has 0 aromatic carbocycles. The van der Waals surface area contributed by atoms with E-state index in [0.717, 1.165) is 0 Å². The summed E-state index contributed by atoms with van der Waals surface area (Å²) in [4.78, 5) is 36.5. The van der Waals surface area contributed by atoms with Gasteiger partial charge >= 0.3 is 0 Å². The van der Waals surface area contributed by atoms with Gasteiger partial charge in [-0.2, -0.15) is 0 Å². The maximum absolute atomic E-state index is 12.2. The molecule has 3 rings (SSSR count). The van der Waals surface area contributed by atoms with E-state index in [2.05, 4.69) is 0 Å². The third-order valence-electron chi connectivity index (χ3n) is 6.12. The molecule has 0 aromatic heterocycles. The molecule has 0 aromatic rings. The second-order valence-corrected chi connectivity index (χ2v) is 7.91. The summed E-state index contributed by atoms with van der Waals surface area (Å²) in [5, 5.41) is 0. The van der Waals surface area contributed by atoms with Gasteiger partial charge in [-0.05, 0) is 26.2 Å². The third-order valence-corrected chi connectivity index (χ3v) is 6.12. The number of Topliss-reactive ketones (excluding diaryl/α,β-unsaturated/α-hetero) is 3. The molecule has 2 aliphatic carbocycles. The summed E-state index contributed by atoms with van der Waals surface area (Å²) in [6.07, 6.45) is 3.28. The Kier molecular flexibility index (Phi) is 5.42. The maximum atomic E-state index is 12.2. The lowest BCUT2D eigenvalue weighted by Gasteiger charge is -2.39. The molecule has 1 saturated heterocycles. The zero-order valence-electron chi connectivity index (χ0n) is 15.2. The van der Waals surface area contributed by atoms with Crippen LogP contribution in [0.1, 0.15) is 58.8 Å². The van der Waals surface area contributed by atoms with E-state index in [1.165, 1.54) is 0 Å². The summed E-state index contributed by atoms with van der Waals surface area (Å²) in [5.74, 6) is -0.411. The van der Waals surface area contributed by atoms with Crippen molar-refractivity contribution < 1.29 is 28.6 Å². The first-order valence-electron chi connectivity index (χ1n) is 9.31. The Morgan fingerprint density at radius 1 is 1.20 bits per heavy atom. The van der Waals surface area contributed by atoms with Crippen LogP contribution in [-0.4, -0.2) is 49.1 Å². The molecule has 3 fully saturated rings. The average molecular weight is 352 g/mol. The zero-order chi connectivity index (χ0) is 18.1. The average Bonchev–Trinajstić information content (AvgIpc) is 3.12. The van der Waals surface area contributed by atoms with E-state index in [4.69, 9.17) is 14.2 Å². The molecule has 3 aliphatic rings. The minimum atomic E-state index is -0.604. The predicted molar refractivity (Wildman–Crippen MR) is 89.0 cm³/mol. The van der Waals surface area contributed by atoms with Crippen molar-refractivity contribution in [2.75, 3.05) is 19.8 Å². The van der Waals surface area contributed by atoms with Crippen LogP contribution in [0, 0.1) is 11.3 Å². The fraction of sp³-hybridized carbons (Fsp3) is 0.842. The van der Waals surface area contributed by atoms with Crippen LogP contribution in [0.4, 0.5) is 0 Å². The molecule has 6 nitrogen and oxygen atoms in total. The van der Waals surface area contributed by atoms with Gasteiger partial charge < -0.3 is 14.2 Å². The fourth-order valence-corrected chi connectivity index (χ4v) is 4.43. The lowest BCUT2D eigenvalue weighted by molar-refractivity contribution is -0.151. The molecular formula is C19H28O6. The highest BCUT2D eigenvalue weighted by Gasteiger charge is 2.54. The molecule has 3 atom stereocenters. The largest absolute Gasteiger partial charge is 0.362 e. The maximum Gasteiger partial charge on any atom is 0.165 e. The Bertz CT molecular complexity index is 550. The van der Waals surface area contributed by atoms with Crippen LogP contribution >= 0.6 is 0 Å². The second-order valence-electron chi connectivity index (χ2n) is 7.91. The van der Waals surface area contributed by atoms with E-state index in [1.54, 1.807) is 0 Å². The van der Waals surface area contributed by atoms with Gasteiger partial charge in [-0.25, -0.2) is 0 Å². The minimum absolute atomic E-state index is 0.0222. The molecule has 0 N–H and O–H groups in total. The molecule has 1 heterocycles. The quantitative estimate of drug-likeness (QED) is 0.699. The summed E-state index contributed by atoms with van der Waals surface area (Å²) < 4.78 is 16.8. The summed E-state index contributed by atoms with van der Waals surface area (Å²) in [7, 11) is 0. The Balaban J connectivity index is 1.46. The Hall–Kier alpha value is -1.11. The topological polar surface area (TPSA) is 78.9 Å². The Labute approximate surface area is 148 Å². The molecule has 1 aliphatic heterocycles. The van der Waals surface area contributed by atoms with Crippen molar-refractivity contribution in [2.24, 2.45) is 11.3 Å². The Morgan fingerprint density at radius 3 is 2.64 bits per heavy atom. The van der Waals surface area contributed by atoms with Gasteiger partial charge in [0.05, 0.1) is 13.2 Å². The molecule has 0 radical (unpaired) electrons. The molecule has 140 valence electrons. The first kappa shape index (κ1) is 18.7. The molecule has 6 heteroatoms. The number of fused-ring (bicyclic) bond motifs is 1. The molecule has 2 saturated carbocycles. The van der Waals surface area contributed by atoms with Crippen molar-refractivity contribution >= 4 is 17.3 Å². The summed E-state index contributed by atoms with van der Waals surface area (Å²) >= 11 is 0. The van der Waals surface area contributed by atoms with Crippen molar-refractivity contribution in [1.82, 2.24) is 0 Å². The van der Waals surface area contributed by atoms with Gasteiger partial charge in [-0.1, -0.05) is 6.92 Å². The predicted octanol–water partition coefficient (Wildman–Crippen LogP) is 2.22. The number of rotatable bonds is 7. The SMILES string of the molecule is CC1(CCCC(=O)CO[C@H]2C(=O)CC[C@]3(C)C(=O)CC[C@H]23)OCCO1. The monoisotopic (exact) mass is 352 g/mol. The van der Waals surface area contributed by atoms with Gasteiger partial charge in [-0.3, -0.25) is 14.4 Å². The van der Waals surface area contributed by atoms with E-state index in [9.17, 15) is 14.4 Å². The number of hydrogen-bond acceptors (Lipinski definition) is 6. The van der Waals surface area contributed by atoms with Crippen LogP contribution in [0.15, 0.2) is 0 Å². The van der Waals surface area contributed by atoms with Crippen molar-refractivity contribution in [3.63, 3.8) is 0 Å². The third kappa shape index (κ3) is 3.86. The van der Waals surface area contributed by atoms with E-state index in [0.29, 0.717) is 58.2 Å². The molecule has 0 bridgehead atoms. The van der Waals surface area contributed by atoms with Gasteiger partial charge in [0, 0.05) is 37.0 Å². The highest BCUT2D eigenvalue weighted by atomic mass is 16.7. The summed E-state index contributed by atoms with van der Waals surface area (Å²) in [6.45, 7) is 4.96.